The fourth-order valence-corrected chi connectivity index (χ4v) is 5.21. The fraction of sp³-hybridized carbons (Fsp3) is 0.800. The van der Waals surface area contributed by atoms with E-state index in [0.29, 0.717) is 18.2 Å². The Morgan fingerprint density at radius 3 is 2.64 bits per heavy atom. The van der Waals surface area contributed by atoms with Crippen LogP contribution in [0.15, 0.2) is 6.20 Å². The summed E-state index contributed by atoms with van der Waals surface area (Å²) in [6, 6.07) is 0.185. The lowest BCUT2D eigenvalue weighted by molar-refractivity contribution is 0.101. The third-order valence-electron chi connectivity index (χ3n) is 5.10. The lowest BCUT2D eigenvalue weighted by Gasteiger charge is -2.43. The van der Waals surface area contributed by atoms with Gasteiger partial charge in [0.25, 0.3) is 0 Å². The standard InChI is InChI=1S/C15H26N4O2S/c1-17(2)15-16-9-13(18(15)3)10-19-7-8-22(20,21)11-14(19)12-5-4-6-12/h9,12,14H,4-8,10-11H2,1-3H3. The van der Waals surface area contributed by atoms with Gasteiger partial charge in [-0.15, -0.1) is 0 Å². The SMILES string of the molecule is CN(C)c1ncc(CN2CCS(=O)(=O)CC2C2CCC2)n1C. The van der Waals surface area contributed by atoms with Crippen molar-refractivity contribution in [2.45, 2.75) is 31.8 Å². The summed E-state index contributed by atoms with van der Waals surface area (Å²) in [5.41, 5.74) is 1.15. The summed E-state index contributed by atoms with van der Waals surface area (Å²) in [6.45, 7) is 1.43. The monoisotopic (exact) mass is 326 g/mol. The van der Waals surface area contributed by atoms with Crippen LogP contribution >= 0.6 is 0 Å². The van der Waals surface area contributed by atoms with Gasteiger partial charge in [0, 0.05) is 40.3 Å². The number of hydrogen-bond donors (Lipinski definition) is 0. The molecule has 1 saturated carbocycles. The van der Waals surface area contributed by atoms with E-state index < -0.39 is 9.84 Å². The van der Waals surface area contributed by atoms with Crippen molar-refractivity contribution in [3.8, 4) is 0 Å². The molecule has 1 atom stereocenters. The van der Waals surface area contributed by atoms with Gasteiger partial charge in [0.1, 0.15) is 0 Å². The first-order chi connectivity index (χ1) is 10.4. The second-order valence-electron chi connectivity index (χ2n) is 6.85. The highest BCUT2D eigenvalue weighted by molar-refractivity contribution is 7.91. The highest BCUT2D eigenvalue weighted by atomic mass is 32.2. The Hall–Kier alpha value is -1.08. The largest absolute Gasteiger partial charge is 0.348 e. The molecule has 6 nitrogen and oxygen atoms in total. The number of aromatic nitrogens is 2. The molecular weight excluding hydrogens is 300 g/mol. The first-order valence-corrected chi connectivity index (χ1v) is 9.82. The quantitative estimate of drug-likeness (QED) is 0.822. The van der Waals surface area contributed by atoms with Gasteiger partial charge < -0.3 is 9.47 Å². The average molecular weight is 326 g/mol. The van der Waals surface area contributed by atoms with Crippen molar-refractivity contribution < 1.29 is 8.42 Å². The molecule has 0 N–H and O–H groups in total. The van der Waals surface area contributed by atoms with Gasteiger partial charge in [0.2, 0.25) is 5.95 Å². The molecule has 2 heterocycles. The van der Waals surface area contributed by atoms with Crippen LogP contribution in [0, 0.1) is 5.92 Å². The summed E-state index contributed by atoms with van der Waals surface area (Å²) in [5.74, 6) is 2.10. The van der Waals surface area contributed by atoms with E-state index in [1.807, 2.05) is 32.2 Å². The first kappa shape index (κ1) is 15.8. The van der Waals surface area contributed by atoms with E-state index in [0.717, 1.165) is 18.2 Å². The van der Waals surface area contributed by atoms with Gasteiger partial charge in [-0.05, 0) is 18.8 Å². The molecule has 3 rings (SSSR count). The van der Waals surface area contributed by atoms with E-state index in [1.165, 1.54) is 19.3 Å². The zero-order valence-electron chi connectivity index (χ0n) is 13.7. The molecule has 124 valence electrons. The second kappa shape index (κ2) is 5.85. The van der Waals surface area contributed by atoms with Gasteiger partial charge in [-0.25, -0.2) is 13.4 Å². The Kier molecular flexibility index (Phi) is 4.20. The summed E-state index contributed by atoms with van der Waals surface area (Å²) in [6.07, 6.45) is 5.50. The maximum atomic E-state index is 12.0. The summed E-state index contributed by atoms with van der Waals surface area (Å²) in [7, 11) is 3.12. The van der Waals surface area contributed by atoms with Crippen LogP contribution in [0.4, 0.5) is 5.95 Å². The molecular formula is C15H26N4O2S. The zero-order chi connectivity index (χ0) is 15.9. The molecule has 7 heteroatoms. The first-order valence-electron chi connectivity index (χ1n) is 8.00. The van der Waals surface area contributed by atoms with E-state index in [9.17, 15) is 8.42 Å². The smallest absolute Gasteiger partial charge is 0.204 e. The van der Waals surface area contributed by atoms with Crippen molar-refractivity contribution >= 4 is 15.8 Å². The molecule has 0 amide bonds. The minimum atomic E-state index is -2.87. The summed E-state index contributed by atoms with van der Waals surface area (Å²) >= 11 is 0. The maximum absolute atomic E-state index is 12.0. The van der Waals surface area contributed by atoms with Crippen LogP contribution in [-0.2, 0) is 23.4 Å². The zero-order valence-corrected chi connectivity index (χ0v) is 14.5. The highest BCUT2D eigenvalue weighted by Crippen LogP contribution is 2.35. The topological polar surface area (TPSA) is 58.4 Å². The van der Waals surface area contributed by atoms with Gasteiger partial charge in [-0.3, -0.25) is 4.90 Å². The number of rotatable bonds is 4. The van der Waals surface area contributed by atoms with Crippen molar-refractivity contribution in [1.29, 1.82) is 0 Å². The third-order valence-corrected chi connectivity index (χ3v) is 6.76. The number of imidazole rings is 1. The Balaban J connectivity index is 1.78. The van der Waals surface area contributed by atoms with Crippen molar-refractivity contribution in [3.63, 3.8) is 0 Å². The van der Waals surface area contributed by atoms with E-state index in [-0.39, 0.29) is 11.8 Å². The van der Waals surface area contributed by atoms with Gasteiger partial charge >= 0.3 is 0 Å². The normalized spacial score (nSPS) is 25.9. The molecule has 1 aromatic heterocycles. The van der Waals surface area contributed by atoms with Crippen molar-refractivity contribution in [3.05, 3.63) is 11.9 Å². The minimum absolute atomic E-state index is 0.185. The van der Waals surface area contributed by atoms with E-state index in [4.69, 9.17) is 0 Å². The van der Waals surface area contributed by atoms with Gasteiger partial charge in [0.05, 0.1) is 23.4 Å². The van der Waals surface area contributed by atoms with Crippen molar-refractivity contribution in [1.82, 2.24) is 14.5 Å². The van der Waals surface area contributed by atoms with Crippen LogP contribution in [-0.4, -0.2) is 61.1 Å². The molecule has 0 aromatic carbocycles. The predicted octanol–water partition coefficient (Wildman–Crippen LogP) is 0.885. The minimum Gasteiger partial charge on any atom is -0.348 e. The van der Waals surface area contributed by atoms with Crippen LogP contribution in [0.2, 0.25) is 0 Å². The number of nitrogens with zero attached hydrogens (tertiary/aromatic N) is 4. The van der Waals surface area contributed by atoms with E-state index >= 15 is 0 Å². The van der Waals surface area contributed by atoms with Crippen LogP contribution in [0.1, 0.15) is 25.0 Å². The predicted molar refractivity (Wildman–Crippen MR) is 87.7 cm³/mol. The molecule has 2 fully saturated rings. The molecule has 22 heavy (non-hydrogen) atoms. The molecule has 0 spiro atoms. The molecule has 2 aliphatic rings. The Morgan fingerprint density at radius 2 is 2.09 bits per heavy atom. The van der Waals surface area contributed by atoms with Crippen LogP contribution in [0.5, 0.6) is 0 Å². The Bertz CT molecular complexity index is 634. The average Bonchev–Trinajstić information content (AvgIpc) is 2.72. The summed E-state index contributed by atoms with van der Waals surface area (Å²) in [4.78, 5) is 8.81. The van der Waals surface area contributed by atoms with Gasteiger partial charge in [-0.2, -0.15) is 0 Å². The summed E-state index contributed by atoms with van der Waals surface area (Å²) < 4.78 is 26.1. The molecule has 1 saturated heterocycles. The molecule has 1 aliphatic heterocycles. The Morgan fingerprint density at radius 1 is 1.36 bits per heavy atom. The van der Waals surface area contributed by atoms with E-state index in [1.54, 1.807) is 0 Å². The highest BCUT2D eigenvalue weighted by Gasteiger charge is 2.38. The van der Waals surface area contributed by atoms with Crippen molar-refractivity contribution in [2.24, 2.45) is 13.0 Å². The fourth-order valence-electron chi connectivity index (χ4n) is 3.53. The third kappa shape index (κ3) is 3.01. The molecule has 1 aromatic rings. The molecule has 0 radical (unpaired) electrons. The number of hydrogen-bond acceptors (Lipinski definition) is 5. The summed E-state index contributed by atoms with van der Waals surface area (Å²) in [5, 5.41) is 0. The van der Waals surface area contributed by atoms with Gasteiger partial charge in [-0.1, -0.05) is 6.42 Å². The molecule has 1 unspecified atom stereocenters. The lowest BCUT2D eigenvalue weighted by Crippen LogP contribution is -2.53. The molecule has 1 aliphatic carbocycles. The number of anilines is 1. The number of sulfone groups is 1. The van der Waals surface area contributed by atoms with Crippen LogP contribution < -0.4 is 4.90 Å². The van der Waals surface area contributed by atoms with Crippen molar-refractivity contribution in [2.75, 3.05) is 37.0 Å². The van der Waals surface area contributed by atoms with Crippen LogP contribution in [0.3, 0.4) is 0 Å². The lowest BCUT2D eigenvalue weighted by atomic mass is 9.79. The van der Waals surface area contributed by atoms with E-state index in [2.05, 4.69) is 14.5 Å². The Labute approximate surface area is 133 Å². The maximum Gasteiger partial charge on any atom is 0.204 e. The second-order valence-corrected chi connectivity index (χ2v) is 9.07. The van der Waals surface area contributed by atoms with Gasteiger partial charge in [0.15, 0.2) is 9.84 Å². The van der Waals surface area contributed by atoms with Crippen LogP contribution in [0.25, 0.3) is 0 Å². The molecule has 0 bridgehead atoms.